The zero-order valence-electron chi connectivity index (χ0n) is 10.9. The molecule has 2 aliphatic carbocycles. The lowest BCUT2D eigenvalue weighted by Crippen LogP contribution is -2.55. The summed E-state index contributed by atoms with van der Waals surface area (Å²) in [6.45, 7) is 0.449. The van der Waals surface area contributed by atoms with Gasteiger partial charge in [-0.3, -0.25) is 4.79 Å². The average Bonchev–Trinajstić information content (AvgIpc) is 2.33. The highest BCUT2D eigenvalue weighted by Gasteiger charge is 2.42. The topological polar surface area (TPSA) is 55.1 Å². The molecule has 19 heavy (non-hydrogen) atoms. The fraction of sp³-hybridized carbons (Fsp3) is 0.923. The molecule has 0 aromatic rings. The molecule has 2 fully saturated rings. The molecule has 0 saturated heterocycles. The lowest BCUT2D eigenvalue weighted by Gasteiger charge is -2.38. The second-order valence-corrected chi connectivity index (χ2v) is 6.02. The molecule has 0 aromatic heterocycles. The third-order valence-electron chi connectivity index (χ3n) is 4.52. The minimum atomic E-state index is -4.12. The minimum absolute atomic E-state index is 0.0648. The number of nitrogens with one attached hydrogen (secondary N) is 1. The molecule has 110 valence electrons. The molecular formula is C13H21F3N2O. The van der Waals surface area contributed by atoms with Crippen molar-refractivity contribution in [1.29, 1.82) is 0 Å². The largest absolute Gasteiger partial charge is 0.391 e. The second kappa shape index (κ2) is 5.31. The van der Waals surface area contributed by atoms with E-state index in [2.05, 4.69) is 5.32 Å². The van der Waals surface area contributed by atoms with Crippen LogP contribution in [0.25, 0.3) is 0 Å². The first-order valence-electron chi connectivity index (χ1n) is 6.93. The number of hydrogen-bond donors (Lipinski definition) is 2. The standard InChI is InChI=1S/C13H21F3N2O/c14-13(15,16)10-4-2-9(3-5-10)11(19)18-8-12(17)6-1-7-12/h9-10H,1-8,17H2,(H,18,19). The molecule has 0 aromatic carbocycles. The Morgan fingerprint density at radius 2 is 1.79 bits per heavy atom. The van der Waals surface area contributed by atoms with Gasteiger partial charge in [-0.05, 0) is 44.9 Å². The molecular weight excluding hydrogens is 257 g/mol. The van der Waals surface area contributed by atoms with Crippen molar-refractivity contribution >= 4 is 5.91 Å². The van der Waals surface area contributed by atoms with Gasteiger partial charge in [-0.1, -0.05) is 0 Å². The van der Waals surface area contributed by atoms with Gasteiger partial charge in [0.25, 0.3) is 0 Å². The van der Waals surface area contributed by atoms with Gasteiger partial charge < -0.3 is 11.1 Å². The van der Waals surface area contributed by atoms with E-state index in [1.54, 1.807) is 0 Å². The number of hydrogen-bond acceptors (Lipinski definition) is 2. The Morgan fingerprint density at radius 1 is 1.21 bits per heavy atom. The van der Waals surface area contributed by atoms with E-state index >= 15 is 0 Å². The molecule has 0 spiro atoms. The number of carbonyl (C=O) groups is 1. The van der Waals surface area contributed by atoms with Crippen molar-refractivity contribution in [1.82, 2.24) is 5.32 Å². The van der Waals surface area contributed by atoms with Crippen molar-refractivity contribution in [2.45, 2.75) is 56.7 Å². The molecule has 6 heteroatoms. The molecule has 1 amide bonds. The molecule has 2 rings (SSSR count). The first kappa shape index (κ1) is 14.6. The van der Waals surface area contributed by atoms with Crippen molar-refractivity contribution in [2.75, 3.05) is 6.54 Å². The van der Waals surface area contributed by atoms with Gasteiger partial charge in [0.2, 0.25) is 5.91 Å². The van der Waals surface area contributed by atoms with Crippen LogP contribution in [0.5, 0.6) is 0 Å². The summed E-state index contributed by atoms with van der Waals surface area (Å²) in [6, 6.07) is 0. The van der Waals surface area contributed by atoms with Gasteiger partial charge in [0.1, 0.15) is 0 Å². The van der Waals surface area contributed by atoms with E-state index < -0.39 is 12.1 Å². The normalized spacial score (nSPS) is 30.5. The van der Waals surface area contributed by atoms with Crippen LogP contribution in [0.1, 0.15) is 44.9 Å². The van der Waals surface area contributed by atoms with Crippen LogP contribution in [0.3, 0.4) is 0 Å². The molecule has 2 aliphatic rings. The van der Waals surface area contributed by atoms with Gasteiger partial charge in [-0.2, -0.15) is 13.2 Å². The summed E-state index contributed by atoms with van der Waals surface area (Å²) >= 11 is 0. The number of halogens is 3. The Balaban J connectivity index is 1.73. The Hall–Kier alpha value is -0.780. The maximum atomic E-state index is 12.5. The van der Waals surface area contributed by atoms with Crippen LogP contribution in [0.2, 0.25) is 0 Å². The van der Waals surface area contributed by atoms with Crippen LogP contribution in [0.15, 0.2) is 0 Å². The van der Waals surface area contributed by atoms with E-state index in [9.17, 15) is 18.0 Å². The van der Waals surface area contributed by atoms with E-state index in [0.717, 1.165) is 19.3 Å². The van der Waals surface area contributed by atoms with Crippen LogP contribution in [0.4, 0.5) is 13.2 Å². The van der Waals surface area contributed by atoms with E-state index in [0.29, 0.717) is 19.4 Å². The number of nitrogens with two attached hydrogens (primary N) is 1. The monoisotopic (exact) mass is 278 g/mol. The van der Waals surface area contributed by atoms with Crippen LogP contribution in [-0.2, 0) is 4.79 Å². The number of alkyl halides is 3. The molecule has 2 saturated carbocycles. The molecule has 0 unspecified atom stereocenters. The third kappa shape index (κ3) is 3.61. The molecule has 3 nitrogen and oxygen atoms in total. The summed E-state index contributed by atoms with van der Waals surface area (Å²) in [6.07, 6.45) is -0.425. The number of rotatable bonds is 3. The van der Waals surface area contributed by atoms with Gasteiger partial charge in [-0.15, -0.1) is 0 Å². The summed E-state index contributed by atoms with van der Waals surface area (Å²) in [4.78, 5) is 11.9. The van der Waals surface area contributed by atoms with Gasteiger partial charge in [0.05, 0.1) is 5.92 Å². The first-order chi connectivity index (χ1) is 8.80. The lowest BCUT2D eigenvalue weighted by atomic mass is 9.77. The smallest absolute Gasteiger partial charge is 0.354 e. The Labute approximate surface area is 111 Å². The van der Waals surface area contributed by atoms with Gasteiger partial charge in [-0.25, -0.2) is 0 Å². The van der Waals surface area contributed by atoms with Crippen LogP contribution >= 0.6 is 0 Å². The Morgan fingerprint density at radius 3 is 2.21 bits per heavy atom. The van der Waals surface area contributed by atoms with E-state index in [4.69, 9.17) is 5.73 Å². The molecule has 0 radical (unpaired) electrons. The lowest BCUT2D eigenvalue weighted by molar-refractivity contribution is -0.184. The summed E-state index contributed by atoms with van der Waals surface area (Å²) < 4.78 is 37.5. The zero-order valence-corrected chi connectivity index (χ0v) is 10.9. The van der Waals surface area contributed by atoms with Crippen molar-refractivity contribution in [3.8, 4) is 0 Å². The van der Waals surface area contributed by atoms with Gasteiger partial charge in [0.15, 0.2) is 0 Å². The van der Waals surface area contributed by atoms with E-state index in [1.807, 2.05) is 0 Å². The first-order valence-corrected chi connectivity index (χ1v) is 6.93. The van der Waals surface area contributed by atoms with Crippen molar-refractivity contribution in [2.24, 2.45) is 17.6 Å². The molecule has 0 aliphatic heterocycles. The molecule has 3 N–H and O–H groups in total. The highest BCUT2D eigenvalue weighted by Crippen LogP contribution is 2.39. The zero-order chi connectivity index (χ0) is 14.1. The summed E-state index contributed by atoms with van der Waals surface area (Å²) in [7, 11) is 0. The summed E-state index contributed by atoms with van der Waals surface area (Å²) in [5.74, 6) is -1.64. The summed E-state index contributed by atoms with van der Waals surface area (Å²) in [5.41, 5.74) is 5.72. The van der Waals surface area contributed by atoms with Crippen molar-refractivity contribution in [3.63, 3.8) is 0 Å². The van der Waals surface area contributed by atoms with E-state index in [1.165, 1.54) is 0 Å². The second-order valence-electron chi connectivity index (χ2n) is 6.02. The van der Waals surface area contributed by atoms with E-state index in [-0.39, 0.29) is 30.2 Å². The molecule has 0 atom stereocenters. The van der Waals surface area contributed by atoms with Crippen molar-refractivity contribution < 1.29 is 18.0 Å². The Bertz CT molecular complexity index is 331. The predicted molar refractivity (Wildman–Crippen MR) is 65.3 cm³/mol. The third-order valence-corrected chi connectivity index (χ3v) is 4.52. The number of carbonyl (C=O) groups excluding carboxylic acids is 1. The minimum Gasteiger partial charge on any atom is -0.354 e. The Kier molecular flexibility index (Phi) is 4.08. The number of amides is 1. The maximum Gasteiger partial charge on any atom is 0.391 e. The fourth-order valence-electron chi connectivity index (χ4n) is 2.90. The maximum absolute atomic E-state index is 12.5. The highest BCUT2D eigenvalue weighted by atomic mass is 19.4. The van der Waals surface area contributed by atoms with Crippen molar-refractivity contribution in [3.05, 3.63) is 0 Å². The van der Waals surface area contributed by atoms with Crippen LogP contribution in [-0.4, -0.2) is 24.2 Å². The molecule has 0 heterocycles. The van der Waals surface area contributed by atoms with Crippen LogP contribution in [0, 0.1) is 11.8 Å². The molecule has 0 bridgehead atoms. The summed E-state index contributed by atoms with van der Waals surface area (Å²) in [5, 5.41) is 2.80. The fourth-order valence-corrected chi connectivity index (χ4v) is 2.90. The average molecular weight is 278 g/mol. The van der Waals surface area contributed by atoms with Gasteiger partial charge >= 0.3 is 6.18 Å². The SMILES string of the molecule is NC1(CNC(=O)C2CCC(C(F)(F)F)CC2)CCC1. The quantitative estimate of drug-likeness (QED) is 0.832. The predicted octanol–water partition coefficient (Wildman–Crippen LogP) is 2.35. The van der Waals surface area contributed by atoms with Crippen LogP contribution < -0.4 is 11.1 Å². The van der Waals surface area contributed by atoms with Gasteiger partial charge in [0, 0.05) is 18.0 Å². The highest BCUT2D eigenvalue weighted by molar-refractivity contribution is 5.78.